The second-order valence-corrected chi connectivity index (χ2v) is 24.2. The molecule has 12 nitrogen and oxygen atoms in total. The molecule has 0 saturated carbocycles. The second kappa shape index (κ2) is 18.4. The SMILES string of the molecule is C[C@@H]1CN(C(=O)OC(C)(C)C)C[C@H]1n1c([C@H]2CCCN2C(=O)OCCS(C)(C)C)cc2c(-c3ccc(C(=O)N(C)C)nc3)nc3c(F)c(-c4cccc(Cl)c4Cl)c(CCC#N)cc3c21. The first-order valence-electron chi connectivity index (χ1n) is 21.5. The van der Waals surface area contributed by atoms with E-state index in [1.165, 1.54) is 4.90 Å². The smallest absolute Gasteiger partial charge is 0.410 e. The summed E-state index contributed by atoms with van der Waals surface area (Å²) in [4.78, 5) is 55.3. The van der Waals surface area contributed by atoms with Gasteiger partial charge < -0.3 is 23.8 Å². The van der Waals surface area contributed by atoms with Crippen LogP contribution in [0.2, 0.25) is 10.0 Å². The minimum atomic E-state index is -0.914. The third-order valence-electron chi connectivity index (χ3n) is 11.8. The topological polar surface area (TPSA) is 134 Å². The molecule has 7 rings (SSSR count). The van der Waals surface area contributed by atoms with Crippen molar-refractivity contribution in [2.75, 3.05) is 64.9 Å². The van der Waals surface area contributed by atoms with Crippen molar-refractivity contribution < 1.29 is 28.2 Å². The van der Waals surface area contributed by atoms with Gasteiger partial charge in [0.1, 0.15) is 23.4 Å². The largest absolute Gasteiger partial charge is 0.449 e. The van der Waals surface area contributed by atoms with Crippen LogP contribution < -0.4 is 0 Å². The monoisotopic (exact) mass is 931 g/mol. The van der Waals surface area contributed by atoms with Crippen LogP contribution in [-0.2, 0) is 15.9 Å². The average Bonchev–Trinajstić information content (AvgIpc) is 3.97. The molecular weight excluding hydrogens is 877 g/mol. The number of nitrogens with zero attached hydrogens (tertiary/aromatic N) is 7. The molecule has 5 heterocycles. The fourth-order valence-corrected chi connectivity index (χ4v) is 9.75. The zero-order valence-electron chi connectivity index (χ0n) is 37.9. The first-order chi connectivity index (χ1) is 30.2. The maximum atomic E-state index is 18.0. The summed E-state index contributed by atoms with van der Waals surface area (Å²) in [6, 6.07) is 13.7. The second-order valence-electron chi connectivity index (χ2n) is 18.9. The van der Waals surface area contributed by atoms with E-state index in [-0.39, 0.29) is 64.1 Å². The fraction of sp³-hybridized carbons (Fsp3) is 0.458. The van der Waals surface area contributed by atoms with E-state index in [2.05, 4.69) is 41.3 Å². The first-order valence-corrected chi connectivity index (χ1v) is 25.2. The number of nitriles is 1. The molecule has 0 unspecified atom stereocenters. The zero-order valence-corrected chi connectivity index (χ0v) is 40.3. The number of carbonyl (C=O) groups is 3. The molecule has 0 bridgehead atoms. The van der Waals surface area contributed by atoms with Gasteiger partial charge in [-0.25, -0.2) is 29.0 Å². The number of rotatable bonds is 10. The van der Waals surface area contributed by atoms with Crippen molar-refractivity contribution in [1.29, 1.82) is 5.26 Å². The number of pyridine rings is 2. The van der Waals surface area contributed by atoms with Gasteiger partial charge in [-0.2, -0.15) is 5.26 Å². The number of carbonyl (C=O) groups excluding carboxylic acids is 3. The molecule has 2 saturated heterocycles. The molecule has 0 spiro atoms. The lowest BCUT2D eigenvalue weighted by Gasteiger charge is -2.30. The predicted molar refractivity (Wildman–Crippen MR) is 254 cm³/mol. The molecule has 0 N–H and O–H groups in total. The average molecular weight is 933 g/mol. The molecule has 5 aromatic rings. The van der Waals surface area contributed by atoms with E-state index in [1.807, 2.05) is 32.9 Å². The Morgan fingerprint density at radius 1 is 1.05 bits per heavy atom. The van der Waals surface area contributed by atoms with Crippen LogP contribution in [-0.4, -0.2) is 118 Å². The van der Waals surface area contributed by atoms with Crippen molar-refractivity contribution in [2.45, 2.75) is 71.1 Å². The summed E-state index contributed by atoms with van der Waals surface area (Å²) >= 11 is 13.3. The van der Waals surface area contributed by atoms with Crippen LogP contribution in [0.4, 0.5) is 14.0 Å². The van der Waals surface area contributed by atoms with Gasteiger partial charge in [0.05, 0.1) is 39.4 Å². The van der Waals surface area contributed by atoms with E-state index >= 15 is 4.39 Å². The normalized spacial score (nSPS) is 18.1. The van der Waals surface area contributed by atoms with Gasteiger partial charge in [0, 0.05) is 85.3 Å². The molecule has 16 heteroatoms. The van der Waals surface area contributed by atoms with Crippen LogP contribution in [0.1, 0.15) is 80.8 Å². The van der Waals surface area contributed by atoms with Gasteiger partial charge in [-0.15, -0.1) is 0 Å². The summed E-state index contributed by atoms with van der Waals surface area (Å²) in [5, 5.41) is 11.4. The van der Waals surface area contributed by atoms with E-state index in [9.17, 15) is 19.6 Å². The van der Waals surface area contributed by atoms with Crippen molar-refractivity contribution in [2.24, 2.45) is 5.92 Å². The van der Waals surface area contributed by atoms with Gasteiger partial charge in [0.15, 0.2) is 5.82 Å². The zero-order chi connectivity index (χ0) is 46.4. The van der Waals surface area contributed by atoms with Crippen LogP contribution in [0, 0.1) is 23.1 Å². The van der Waals surface area contributed by atoms with Gasteiger partial charge in [-0.05, 0) is 101 Å². The minimum Gasteiger partial charge on any atom is -0.449 e. The first kappa shape index (κ1) is 46.9. The Bertz CT molecular complexity index is 2670. The Morgan fingerprint density at radius 3 is 2.45 bits per heavy atom. The third kappa shape index (κ3) is 9.49. The summed E-state index contributed by atoms with van der Waals surface area (Å²) in [6.07, 6.45) is 8.93. The van der Waals surface area contributed by atoms with Crippen LogP contribution in [0.15, 0.2) is 48.7 Å². The number of fused-ring (bicyclic) bond motifs is 3. The molecular formula is C48H56Cl2FN7O5S. The van der Waals surface area contributed by atoms with Crippen molar-refractivity contribution in [3.05, 3.63) is 81.5 Å². The van der Waals surface area contributed by atoms with E-state index in [4.69, 9.17) is 37.7 Å². The van der Waals surface area contributed by atoms with Crippen molar-refractivity contribution in [3.63, 3.8) is 0 Å². The highest BCUT2D eigenvalue weighted by Crippen LogP contribution is 2.47. The van der Waals surface area contributed by atoms with Crippen LogP contribution in [0.5, 0.6) is 0 Å². The Morgan fingerprint density at radius 2 is 1.80 bits per heavy atom. The maximum Gasteiger partial charge on any atom is 0.410 e. The molecule has 3 atom stereocenters. The number of halogens is 3. The molecule has 3 amide bonds. The van der Waals surface area contributed by atoms with Gasteiger partial charge in [-0.3, -0.25) is 14.7 Å². The van der Waals surface area contributed by atoms with Gasteiger partial charge in [-0.1, -0.05) is 42.3 Å². The molecule has 2 aliphatic rings. The summed E-state index contributed by atoms with van der Waals surface area (Å²) in [7, 11) is 2.38. The Hall–Kier alpha value is -5.10. The number of aryl methyl sites for hydroxylation is 1. The maximum absolute atomic E-state index is 18.0. The quantitative estimate of drug-likeness (QED) is 0.135. The lowest BCUT2D eigenvalue weighted by atomic mass is 9.92. The van der Waals surface area contributed by atoms with Gasteiger partial charge in [0.25, 0.3) is 5.91 Å². The van der Waals surface area contributed by atoms with Crippen molar-refractivity contribution >= 4 is 73.1 Å². The Kier molecular flexibility index (Phi) is 13.5. The Balaban J connectivity index is 1.55. The predicted octanol–water partition coefficient (Wildman–Crippen LogP) is 10.9. The van der Waals surface area contributed by atoms with E-state index in [0.717, 1.165) is 17.9 Å². The van der Waals surface area contributed by atoms with E-state index in [1.54, 1.807) is 60.4 Å². The lowest BCUT2D eigenvalue weighted by Crippen LogP contribution is -2.36. The molecule has 3 aromatic heterocycles. The highest BCUT2D eigenvalue weighted by atomic mass is 35.5. The molecule has 0 radical (unpaired) electrons. The molecule has 340 valence electrons. The van der Waals surface area contributed by atoms with E-state index in [0.29, 0.717) is 64.8 Å². The number of hydrogen-bond acceptors (Lipinski definition) is 8. The van der Waals surface area contributed by atoms with Gasteiger partial charge >= 0.3 is 12.2 Å². The number of likely N-dealkylation sites (tertiary alicyclic amines) is 2. The summed E-state index contributed by atoms with van der Waals surface area (Å²) in [6.45, 7) is 9.02. The summed E-state index contributed by atoms with van der Waals surface area (Å²) < 4.78 is 32.0. The minimum absolute atomic E-state index is 0.0376. The number of aromatic nitrogens is 3. The number of ether oxygens (including phenoxy) is 2. The highest BCUT2D eigenvalue weighted by molar-refractivity contribution is 8.32. The van der Waals surface area contributed by atoms with Crippen LogP contribution >= 0.6 is 33.2 Å². The molecule has 64 heavy (non-hydrogen) atoms. The fourth-order valence-electron chi connectivity index (χ4n) is 8.77. The third-order valence-corrected chi connectivity index (χ3v) is 14.0. The lowest BCUT2D eigenvalue weighted by molar-refractivity contribution is 0.0285. The van der Waals surface area contributed by atoms with Crippen LogP contribution in [0.25, 0.3) is 44.2 Å². The van der Waals surface area contributed by atoms with Crippen molar-refractivity contribution in [1.82, 2.24) is 29.2 Å². The molecule has 2 aromatic carbocycles. The number of amides is 3. The molecule has 0 aliphatic carbocycles. The van der Waals surface area contributed by atoms with Crippen molar-refractivity contribution in [3.8, 4) is 28.5 Å². The van der Waals surface area contributed by atoms with E-state index < -0.39 is 39.7 Å². The number of hydrogen-bond donors (Lipinski definition) is 0. The summed E-state index contributed by atoms with van der Waals surface area (Å²) in [5.74, 6) is -0.275. The highest BCUT2D eigenvalue weighted by Gasteiger charge is 2.41. The standard InChI is InChI=1S/C48H56Cl2FN7O5S/c1-28-26-56(46(60)63-48(2,3)4)27-38(28)58-37(36-16-12-20-57(36)47(61)62-21-22-64(7,8)9)24-33-42(30-17-18-35(53-25-30)45(59)55(5)6)54-43-32(44(33)58)23-29(13-11-19-52)39(41(43)51)31-14-10-15-34(49)40(31)50/h10,14-15,17-18,23-25,28,36,38H,11-13,16,20-22,26-27H2,1-9H3/t28-,36-,38-/m1/s1. The number of benzene rings is 2. The Labute approximate surface area is 385 Å². The summed E-state index contributed by atoms with van der Waals surface area (Å²) in [5.41, 5.74) is 2.99. The molecule has 2 aliphatic heterocycles. The van der Waals surface area contributed by atoms with Crippen LogP contribution in [0.3, 0.4) is 0 Å². The molecule has 2 fully saturated rings. The van der Waals surface area contributed by atoms with Gasteiger partial charge in [0.2, 0.25) is 0 Å².